The molecule has 2 rings (SSSR count). The first kappa shape index (κ1) is 17.0. The van der Waals surface area contributed by atoms with Crippen molar-refractivity contribution in [3.8, 4) is 12.1 Å². The molecule has 0 amide bonds. The second kappa shape index (κ2) is 8.91. The summed E-state index contributed by atoms with van der Waals surface area (Å²) in [6.07, 6.45) is 11.8. The summed E-state index contributed by atoms with van der Waals surface area (Å²) in [5, 5.41) is 17.1. The van der Waals surface area contributed by atoms with Gasteiger partial charge in [0.1, 0.15) is 6.07 Å². The molecular formula is C20H21FN2. The van der Waals surface area contributed by atoms with E-state index in [1.54, 1.807) is 6.08 Å². The van der Waals surface area contributed by atoms with Crippen LogP contribution in [0, 0.1) is 34.5 Å². The second-order valence-electron chi connectivity index (χ2n) is 6.14. The standard InChI is InChI=1S/C20H21FN2/c21-20(15-23)3-1-2-16-4-6-17(7-5-16)8-9-18-10-12-19(14-22)13-11-18/h1-3,10-13,16-17H,4-9H2/b2-1+,20-3-/t16-,17-. The fourth-order valence-electron chi connectivity index (χ4n) is 3.12. The van der Waals surface area contributed by atoms with Crippen molar-refractivity contribution in [2.75, 3.05) is 0 Å². The summed E-state index contributed by atoms with van der Waals surface area (Å²) in [5.41, 5.74) is 2.01. The van der Waals surface area contributed by atoms with Crippen LogP contribution in [0.5, 0.6) is 0 Å². The minimum atomic E-state index is -0.739. The van der Waals surface area contributed by atoms with Gasteiger partial charge in [-0.05, 0) is 74.1 Å². The summed E-state index contributed by atoms with van der Waals surface area (Å²) in [6, 6.07) is 11.5. The topological polar surface area (TPSA) is 47.6 Å². The first-order chi connectivity index (χ1) is 11.2. The second-order valence-corrected chi connectivity index (χ2v) is 6.14. The normalized spacial score (nSPS) is 21.8. The lowest BCUT2D eigenvalue weighted by atomic mass is 9.79. The Morgan fingerprint density at radius 3 is 2.43 bits per heavy atom. The minimum Gasteiger partial charge on any atom is -0.195 e. The van der Waals surface area contributed by atoms with Crippen LogP contribution in [0.3, 0.4) is 0 Å². The van der Waals surface area contributed by atoms with Crippen molar-refractivity contribution in [3.63, 3.8) is 0 Å². The van der Waals surface area contributed by atoms with Gasteiger partial charge in [0, 0.05) is 0 Å². The Labute approximate surface area is 137 Å². The van der Waals surface area contributed by atoms with Crippen LogP contribution in [0.2, 0.25) is 0 Å². The molecule has 1 saturated carbocycles. The van der Waals surface area contributed by atoms with Crippen LogP contribution in [0.15, 0.2) is 48.3 Å². The number of nitriles is 2. The van der Waals surface area contributed by atoms with Gasteiger partial charge < -0.3 is 0 Å². The Kier molecular flexibility index (Phi) is 6.57. The van der Waals surface area contributed by atoms with Gasteiger partial charge in [0.2, 0.25) is 0 Å². The first-order valence-corrected chi connectivity index (χ1v) is 8.14. The number of aryl methyl sites for hydroxylation is 1. The molecular weight excluding hydrogens is 287 g/mol. The van der Waals surface area contributed by atoms with Crippen molar-refractivity contribution in [2.24, 2.45) is 11.8 Å². The molecule has 1 aliphatic rings. The molecule has 1 aliphatic carbocycles. The van der Waals surface area contributed by atoms with Gasteiger partial charge in [0.25, 0.3) is 0 Å². The first-order valence-electron chi connectivity index (χ1n) is 8.14. The van der Waals surface area contributed by atoms with Crippen LogP contribution in [-0.2, 0) is 6.42 Å². The Hall–Kier alpha value is -2.39. The zero-order valence-corrected chi connectivity index (χ0v) is 13.2. The monoisotopic (exact) mass is 308 g/mol. The van der Waals surface area contributed by atoms with E-state index >= 15 is 0 Å². The lowest BCUT2D eigenvalue weighted by Crippen LogP contribution is -2.13. The number of rotatable bonds is 5. The third kappa shape index (κ3) is 5.72. The van der Waals surface area contributed by atoms with E-state index in [9.17, 15) is 4.39 Å². The van der Waals surface area contributed by atoms with Crippen molar-refractivity contribution in [2.45, 2.75) is 38.5 Å². The van der Waals surface area contributed by atoms with Crippen LogP contribution in [0.25, 0.3) is 0 Å². The lowest BCUT2D eigenvalue weighted by molar-refractivity contribution is 0.296. The number of benzene rings is 1. The zero-order valence-electron chi connectivity index (χ0n) is 13.2. The number of halogens is 1. The molecule has 0 spiro atoms. The zero-order chi connectivity index (χ0) is 16.5. The Balaban J connectivity index is 1.72. The summed E-state index contributed by atoms with van der Waals surface area (Å²) >= 11 is 0. The Morgan fingerprint density at radius 2 is 1.83 bits per heavy atom. The summed E-state index contributed by atoms with van der Waals surface area (Å²) in [6.45, 7) is 0. The molecule has 1 aromatic rings. The van der Waals surface area contributed by atoms with Crippen molar-refractivity contribution >= 4 is 0 Å². The molecule has 23 heavy (non-hydrogen) atoms. The fraction of sp³-hybridized carbons (Fsp3) is 0.400. The minimum absolute atomic E-state index is 0.504. The number of hydrogen-bond donors (Lipinski definition) is 0. The quantitative estimate of drug-likeness (QED) is 0.552. The summed E-state index contributed by atoms with van der Waals surface area (Å²) < 4.78 is 12.7. The molecule has 3 heteroatoms. The van der Waals surface area contributed by atoms with E-state index in [2.05, 4.69) is 6.07 Å². The maximum Gasteiger partial charge on any atom is 0.199 e. The van der Waals surface area contributed by atoms with E-state index in [4.69, 9.17) is 10.5 Å². The highest BCUT2D eigenvalue weighted by Crippen LogP contribution is 2.32. The van der Waals surface area contributed by atoms with Crippen molar-refractivity contribution in [1.82, 2.24) is 0 Å². The number of hydrogen-bond acceptors (Lipinski definition) is 2. The summed E-state index contributed by atoms with van der Waals surface area (Å²) in [7, 11) is 0. The third-order valence-corrected chi connectivity index (χ3v) is 4.55. The number of allylic oxidation sites excluding steroid dienone is 4. The highest BCUT2D eigenvalue weighted by molar-refractivity contribution is 5.31. The van der Waals surface area contributed by atoms with E-state index in [0.29, 0.717) is 11.5 Å². The van der Waals surface area contributed by atoms with Gasteiger partial charge in [-0.15, -0.1) is 0 Å². The molecule has 0 unspecified atom stereocenters. The summed E-state index contributed by atoms with van der Waals surface area (Å²) in [5.74, 6) is 0.517. The van der Waals surface area contributed by atoms with Gasteiger partial charge in [-0.3, -0.25) is 0 Å². The van der Waals surface area contributed by atoms with E-state index in [1.807, 2.05) is 30.3 Å². The molecule has 2 nitrogen and oxygen atoms in total. The largest absolute Gasteiger partial charge is 0.199 e. The molecule has 0 atom stereocenters. The van der Waals surface area contributed by atoms with Crippen LogP contribution in [0.4, 0.5) is 4.39 Å². The van der Waals surface area contributed by atoms with Gasteiger partial charge in [0.05, 0.1) is 11.6 Å². The molecule has 1 fully saturated rings. The maximum absolute atomic E-state index is 12.7. The molecule has 1 aromatic carbocycles. The molecule has 0 N–H and O–H groups in total. The molecule has 0 aliphatic heterocycles. The van der Waals surface area contributed by atoms with Crippen LogP contribution < -0.4 is 0 Å². The van der Waals surface area contributed by atoms with Gasteiger partial charge >= 0.3 is 0 Å². The van der Waals surface area contributed by atoms with Crippen molar-refractivity contribution in [1.29, 1.82) is 10.5 Å². The fourth-order valence-corrected chi connectivity index (χ4v) is 3.12. The smallest absolute Gasteiger partial charge is 0.195 e. The highest BCUT2D eigenvalue weighted by Gasteiger charge is 2.19. The predicted octanol–water partition coefficient (Wildman–Crippen LogP) is 5.23. The van der Waals surface area contributed by atoms with Gasteiger partial charge in [-0.25, -0.2) is 0 Å². The van der Waals surface area contributed by atoms with E-state index in [1.165, 1.54) is 37.0 Å². The molecule has 0 aromatic heterocycles. The van der Waals surface area contributed by atoms with Crippen molar-refractivity contribution in [3.05, 3.63) is 59.4 Å². The number of nitrogens with zero attached hydrogens (tertiary/aromatic N) is 2. The van der Waals surface area contributed by atoms with Gasteiger partial charge in [-0.1, -0.05) is 24.3 Å². The third-order valence-electron chi connectivity index (χ3n) is 4.55. The SMILES string of the molecule is N#C/C(F)=C/C=C/[C@H]1CC[C@H](CCc2ccc(C#N)cc2)CC1. The average molecular weight is 308 g/mol. The van der Waals surface area contributed by atoms with E-state index < -0.39 is 5.83 Å². The van der Waals surface area contributed by atoms with E-state index in [0.717, 1.165) is 25.2 Å². The van der Waals surface area contributed by atoms with Gasteiger partial charge in [0.15, 0.2) is 5.83 Å². The molecule has 0 bridgehead atoms. The molecule has 0 saturated heterocycles. The lowest BCUT2D eigenvalue weighted by Gasteiger charge is -2.26. The molecule has 0 heterocycles. The van der Waals surface area contributed by atoms with Crippen LogP contribution >= 0.6 is 0 Å². The average Bonchev–Trinajstić information content (AvgIpc) is 2.61. The Morgan fingerprint density at radius 1 is 1.13 bits per heavy atom. The van der Waals surface area contributed by atoms with Crippen LogP contribution in [-0.4, -0.2) is 0 Å². The molecule has 0 radical (unpaired) electrons. The van der Waals surface area contributed by atoms with Crippen molar-refractivity contribution < 1.29 is 4.39 Å². The van der Waals surface area contributed by atoms with Crippen LogP contribution in [0.1, 0.15) is 43.2 Å². The van der Waals surface area contributed by atoms with E-state index in [-0.39, 0.29) is 0 Å². The van der Waals surface area contributed by atoms with Gasteiger partial charge in [-0.2, -0.15) is 14.9 Å². The predicted molar refractivity (Wildman–Crippen MR) is 88.9 cm³/mol. The highest BCUT2D eigenvalue weighted by atomic mass is 19.1. The molecule has 118 valence electrons. The Bertz CT molecular complexity index is 636. The maximum atomic E-state index is 12.7. The summed E-state index contributed by atoms with van der Waals surface area (Å²) in [4.78, 5) is 0.